The molecule has 3 nitrogen and oxygen atoms in total. The van der Waals surface area contributed by atoms with Crippen molar-refractivity contribution in [3.63, 3.8) is 0 Å². The van der Waals surface area contributed by atoms with Crippen molar-refractivity contribution in [3.8, 4) is 0 Å². The number of amides is 1. The first kappa shape index (κ1) is 11.5. The minimum Gasteiger partial charge on any atom is -0.355 e. The van der Waals surface area contributed by atoms with Crippen LogP contribution >= 0.6 is 0 Å². The molecule has 1 heterocycles. The summed E-state index contributed by atoms with van der Waals surface area (Å²) in [7, 11) is 0. The van der Waals surface area contributed by atoms with Crippen LogP contribution in [0.25, 0.3) is 0 Å². The summed E-state index contributed by atoms with van der Waals surface area (Å²) in [5, 5.41) is 6.16. The predicted octanol–water partition coefficient (Wildman–Crippen LogP) is 1.29. The Morgan fingerprint density at radius 3 is 2.93 bits per heavy atom. The molecule has 1 fully saturated rings. The number of carbonyl (C=O) groups excluding carboxylic acids is 1. The molecule has 0 aliphatic carbocycles. The van der Waals surface area contributed by atoms with Crippen molar-refractivity contribution in [2.75, 3.05) is 13.1 Å². The summed E-state index contributed by atoms with van der Waals surface area (Å²) >= 11 is 0. The van der Waals surface area contributed by atoms with Crippen molar-refractivity contribution in [3.05, 3.63) is 0 Å². The molecule has 1 amide bonds. The van der Waals surface area contributed by atoms with Gasteiger partial charge in [-0.05, 0) is 32.2 Å². The monoisotopic (exact) mass is 198 g/mol. The van der Waals surface area contributed by atoms with E-state index < -0.39 is 0 Å². The molecule has 0 aromatic heterocycles. The van der Waals surface area contributed by atoms with Gasteiger partial charge >= 0.3 is 0 Å². The van der Waals surface area contributed by atoms with Gasteiger partial charge in [0.2, 0.25) is 5.91 Å². The van der Waals surface area contributed by atoms with Gasteiger partial charge in [-0.1, -0.05) is 19.8 Å². The maximum Gasteiger partial charge on any atom is 0.237 e. The SMILES string of the molecule is CCCC1CCNC(C(=O)NCC)C1. The first-order chi connectivity index (χ1) is 6.77. The molecule has 2 atom stereocenters. The normalized spacial score (nSPS) is 27.3. The van der Waals surface area contributed by atoms with Gasteiger partial charge in [0.25, 0.3) is 0 Å². The third-order valence-electron chi connectivity index (χ3n) is 2.88. The second-order valence-electron chi connectivity index (χ2n) is 4.08. The molecule has 2 N–H and O–H groups in total. The van der Waals surface area contributed by atoms with Crippen LogP contribution in [0.3, 0.4) is 0 Å². The molecule has 0 spiro atoms. The van der Waals surface area contributed by atoms with Crippen molar-refractivity contribution in [1.29, 1.82) is 0 Å². The molecule has 82 valence electrons. The van der Waals surface area contributed by atoms with Crippen molar-refractivity contribution in [2.45, 2.75) is 45.6 Å². The third-order valence-corrected chi connectivity index (χ3v) is 2.88. The summed E-state index contributed by atoms with van der Waals surface area (Å²) in [4.78, 5) is 11.6. The maximum atomic E-state index is 11.6. The van der Waals surface area contributed by atoms with E-state index in [0.29, 0.717) is 0 Å². The summed E-state index contributed by atoms with van der Waals surface area (Å²) in [5.41, 5.74) is 0. The van der Waals surface area contributed by atoms with Crippen LogP contribution in [0.5, 0.6) is 0 Å². The van der Waals surface area contributed by atoms with E-state index in [0.717, 1.165) is 25.4 Å². The highest BCUT2D eigenvalue weighted by molar-refractivity contribution is 5.81. The summed E-state index contributed by atoms with van der Waals surface area (Å²) < 4.78 is 0. The molecule has 1 saturated heterocycles. The van der Waals surface area contributed by atoms with E-state index in [-0.39, 0.29) is 11.9 Å². The van der Waals surface area contributed by atoms with Gasteiger partial charge in [-0.2, -0.15) is 0 Å². The zero-order valence-electron chi connectivity index (χ0n) is 9.31. The number of piperidine rings is 1. The van der Waals surface area contributed by atoms with Gasteiger partial charge in [-0.3, -0.25) is 4.79 Å². The fraction of sp³-hybridized carbons (Fsp3) is 0.909. The molecule has 1 aliphatic rings. The van der Waals surface area contributed by atoms with Gasteiger partial charge in [-0.15, -0.1) is 0 Å². The predicted molar refractivity (Wildman–Crippen MR) is 58.1 cm³/mol. The Hall–Kier alpha value is -0.570. The van der Waals surface area contributed by atoms with Gasteiger partial charge in [0, 0.05) is 6.54 Å². The number of hydrogen-bond acceptors (Lipinski definition) is 2. The van der Waals surface area contributed by atoms with Gasteiger partial charge < -0.3 is 10.6 Å². The minimum atomic E-state index is 0.0558. The topological polar surface area (TPSA) is 41.1 Å². The summed E-state index contributed by atoms with van der Waals surface area (Å²) in [6.45, 7) is 5.90. The molecule has 1 aliphatic heterocycles. The molecular formula is C11H22N2O. The summed E-state index contributed by atoms with van der Waals surface area (Å²) in [5.74, 6) is 0.919. The van der Waals surface area contributed by atoms with E-state index in [9.17, 15) is 4.79 Å². The Morgan fingerprint density at radius 2 is 2.29 bits per heavy atom. The van der Waals surface area contributed by atoms with Gasteiger partial charge in [0.05, 0.1) is 6.04 Å². The highest BCUT2D eigenvalue weighted by atomic mass is 16.2. The average molecular weight is 198 g/mol. The molecule has 0 aromatic rings. The highest BCUT2D eigenvalue weighted by Crippen LogP contribution is 2.20. The van der Waals surface area contributed by atoms with Gasteiger partial charge in [0.15, 0.2) is 0 Å². The van der Waals surface area contributed by atoms with Crippen molar-refractivity contribution in [1.82, 2.24) is 10.6 Å². The van der Waals surface area contributed by atoms with Crippen LogP contribution in [0, 0.1) is 5.92 Å². The second kappa shape index (κ2) is 6.02. The van der Waals surface area contributed by atoms with Crippen LogP contribution < -0.4 is 10.6 Å². The molecule has 14 heavy (non-hydrogen) atoms. The number of nitrogens with one attached hydrogen (secondary N) is 2. The van der Waals surface area contributed by atoms with Crippen LogP contribution in [-0.2, 0) is 4.79 Å². The van der Waals surface area contributed by atoms with Gasteiger partial charge in [0.1, 0.15) is 0 Å². The zero-order valence-corrected chi connectivity index (χ0v) is 9.31. The van der Waals surface area contributed by atoms with E-state index >= 15 is 0 Å². The Balaban J connectivity index is 2.35. The molecular weight excluding hydrogens is 176 g/mol. The maximum absolute atomic E-state index is 11.6. The van der Waals surface area contributed by atoms with Crippen molar-refractivity contribution >= 4 is 5.91 Å². The fourth-order valence-electron chi connectivity index (χ4n) is 2.16. The molecule has 0 aromatic carbocycles. The van der Waals surface area contributed by atoms with Crippen molar-refractivity contribution < 1.29 is 4.79 Å². The number of hydrogen-bond donors (Lipinski definition) is 2. The van der Waals surface area contributed by atoms with Crippen LogP contribution in [0.1, 0.15) is 39.5 Å². The number of carbonyl (C=O) groups is 1. The fourth-order valence-corrected chi connectivity index (χ4v) is 2.16. The highest BCUT2D eigenvalue weighted by Gasteiger charge is 2.25. The Morgan fingerprint density at radius 1 is 1.50 bits per heavy atom. The van der Waals surface area contributed by atoms with Crippen LogP contribution in [0.15, 0.2) is 0 Å². The first-order valence-electron chi connectivity index (χ1n) is 5.79. The molecule has 2 unspecified atom stereocenters. The van der Waals surface area contributed by atoms with E-state index in [4.69, 9.17) is 0 Å². The third kappa shape index (κ3) is 3.29. The molecule has 0 bridgehead atoms. The van der Waals surface area contributed by atoms with E-state index in [1.165, 1.54) is 19.3 Å². The number of likely N-dealkylation sites (N-methyl/N-ethyl adjacent to an activating group) is 1. The second-order valence-corrected chi connectivity index (χ2v) is 4.08. The van der Waals surface area contributed by atoms with Gasteiger partial charge in [-0.25, -0.2) is 0 Å². The number of rotatable bonds is 4. The minimum absolute atomic E-state index is 0.0558. The lowest BCUT2D eigenvalue weighted by molar-refractivity contribution is -0.124. The van der Waals surface area contributed by atoms with E-state index in [1.807, 2.05) is 6.92 Å². The lowest BCUT2D eigenvalue weighted by Crippen LogP contribution is -2.48. The lowest BCUT2D eigenvalue weighted by atomic mass is 9.88. The Labute approximate surface area is 86.6 Å². The van der Waals surface area contributed by atoms with Crippen LogP contribution in [0.2, 0.25) is 0 Å². The smallest absolute Gasteiger partial charge is 0.237 e. The quantitative estimate of drug-likeness (QED) is 0.714. The Kier molecular flexibility index (Phi) is 4.94. The largest absolute Gasteiger partial charge is 0.355 e. The average Bonchev–Trinajstić information content (AvgIpc) is 2.19. The zero-order chi connectivity index (χ0) is 10.4. The van der Waals surface area contributed by atoms with E-state index in [2.05, 4.69) is 17.6 Å². The van der Waals surface area contributed by atoms with Crippen LogP contribution in [0.4, 0.5) is 0 Å². The van der Waals surface area contributed by atoms with Crippen molar-refractivity contribution in [2.24, 2.45) is 5.92 Å². The lowest BCUT2D eigenvalue weighted by Gasteiger charge is -2.29. The molecule has 3 heteroatoms. The molecule has 0 radical (unpaired) electrons. The summed E-state index contributed by atoms with van der Waals surface area (Å²) in [6.07, 6.45) is 4.73. The summed E-state index contributed by atoms with van der Waals surface area (Å²) in [6, 6.07) is 0.0558. The first-order valence-corrected chi connectivity index (χ1v) is 5.79. The Bertz CT molecular complexity index is 180. The van der Waals surface area contributed by atoms with Crippen LogP contribution in [-0.4, -0.2) is 25.0 Å². The molecule has 0 saturated carbocycles. The standard InChI is InChI=1S/C11H22N2O/c1-3-5-9-6-7-13-10(8-9)11(14)12-4-2/h9-10,13H,3-8H2,1-2H3,(H,12,14). The molecule has 1 rings (SSSR count). The van der Waals surface area contributed by atoms with E-state index in [1.54, 1.807) is 0 Å².